The van der Waals surface area contributed by atoms with Crippen LogP contribution in [0.3, 0.4) is 0 Å². The lowest BCUT2D eigenvalue weighted by atomic mass is 10.1. The van der Waals surface area contributed by atoms with E-state index in [1.807, 2.05) is 11.0 Å². The van der Waals surface area contributed by atoms with Crippen LogP contribution in [-0.4, -0.2) is 45.0 Å². The van der Waals surface area contributed by atoms with Crippen LogP contribution in [0.25, 0.3) is 0 Å². The molecule has 1 amide bonds. The number of thioether (sulfide) groups is 1. The van der Waals surface area contributed by atoms with Gasteiger partial charge in [0.2, 0.25) is 0 Å². The third kappa shape index (κ3) is 3.53. The maximum Gasteiger partial charge on any atom is 0.257 e. The first kappa shape index (κ1) is 18.3. The average Bonchev–Trinajstić information content (AvgIpc) is 2.86. The normalized spacial score (nSPS) is 18.9. The lowest BCUT2D eigenvalue weighted by Gasteiger charge is -2.22. The van der Waals surface area contributed by atoms with Crippen LogP contribution in [0.1, 0.15) is 16.8 Å². The van der Waals surface area contributed by atoms with Gasteiger partial charge < -0.3 is 19.7 Å². The van der Waals surface area contributed by atoms with E-state index in [0.29, 0.717) is 47.7 Å². The van der Waals surface area contributed by atoms with E-state index in [0.717, 1.165) is 17.0 Å². The standard InChI is InChI=1S/C19H17N3O5S2/c23-18(20-13-3-5-15-16(11-13)27-8-1-7-26-15)12-2-4-14-17(10-12)28-19-21-29(24,25)9-6-22(14)19/h2-5,10-11H,1,6-9H2,(H,20,23). The van der Waals surface area contributed by atoms with Crippen LogP contribution in [0.5, 0.6) is 11.5 Å². The molecule has 0 aliphatic carbocycles. The van der Waals surface area contributed by atoms with Gasteiger partial charge in [0.15, 0.2) is 16.7 Å². The van der Waals surface area contributed by atoms with E-state index >= 15 is 0 Å². The highest BCUT2D eigenvalue weighted by Crippen LogP contribution is 2.42. The Morgan fingerprint density at radius 1 is 1.10 bits per heavy atom. The van der Waals surface area contributed by atoms with Crippen LogP contribution in [0.2, 0.25) is 0 Å². The quantitative estimate of drug-likeness (QED) is 0.781. The summed E-state index contributed by atoms with van der Waals surface area (Å²) >= 11 is 1.26. The molecular weight excluding hydrogens is 414 g/mol. The zero-order valence-electron chi connectivity index (χ0n) is 15.3. The third-order valence-electron chi connectivity index (χ3n) is 4.74. The molecule has 3 heterocycles. The average molecular weight is 431 g/mol. The zero-order valence-corrected chi connectivity index (χ0v) is 16.9. The van der Waals surface area contributed by atoms with Crippen molar-refractivity contribution in [2.75, 3.05) is 35.7 Å². The van der Waals surface area contributed by atoms with Gasteiger partial charge in [0.25, 0.3) is 15.9 Å². The summed E-state index contributed by atoms with van der Waals surface area (Å²) < 4.78 is 38.6. The first-order valence-electron chi connectivity index (χ1n) is 9.12. The fourth-order valence-corrected chi connectivity index (χ4v) is 5.61. The van der Waals surface area contributed by atoms with Crippen LogP contribution >= 0.6 is 11.8 Å². The number of anilines is 2. The Hall–Kier alpha value is -2.72. The summed E-state index contributed by atoms with van der Waals surface area (Å²) in [6.07, 6.45) is 0.812. The van der Waals surface area contributed by atoms with E-state index < -0.39 is 10.0 Å². The summed E-state index contributed by atoms with van der Waals surface area (Å²) in [5.41, 5.74) is 1.96. The fraction of sp³-hybridized carbons (Fsp3) is 0.263. The number of hydrogen-bond acceptors (Lipinski definition) is 7. The molecule has 0 aromatic heterocycles. The molecule has 0 radical (unpaired) electrons. The van der Waals surface area contributed by atoms with Crippen molar-refractivity contribution in [3.63, 3.8) is 0 Å². The van der Waals surface area contributed by atoms with Crippen LogP contribution in [0.15, 0.2) is 45.7 Å². The molecule has 5 rings (SSSR count). The Morgan fingerprint density at radius 2 is 1.93 bits per heavy atom. The molecule has 10 heteroatoms. The molecule has 29 heavy (non-hydrogen) atoms. The molecule has 2 aromatic carbocycles. The lowest BCUT2D eigenvalue weighted by molar-refractivity contribution is 0.102. The Bertz CT molecular complexity index is 1150. The first-order chi connectivity index (χ1) is 14.0. The number of amidine groups is 1. The second kappa shape index (κ2) is 6.96. The maximum absolute atomic E-state index is 12.7. The molecule has 1 N–H and O–H groups in total. The number of amides is 1. The number of benzene rings is 2. The second-order valence-corrected chi connectivity index (χ2v) is 9.53. The minimum Gasteiger partial charge on any atom is -0.490 e. The van der Waals surface area contributed by atoms with Crippen molar-refractivity contribution in [2.24, 2.45) is 4.40 Å². The molecule has 0 saturated heterocycles. The van der Waals surface area contributed by atoms with Crippen molar-refractivity contribution in [2.45, 2.75) is 11.3 Å². The third-order valence-corrected chi connectivity index (χ3v) is 7.05. The van der Waals surface area contributed by atoms with Crippen molar-refractivity contribution in [1.29, 1.82) is 0 Å². The van der Waals surface area contributed by atoms with E-state index in [9.17, 15) is 13.2 Å². The van der Waals surface area contributed by atoms with Gasteiger partial charge >= 0.3 is 0 Å². The minimum atomic E-state index is -3.41. The number of nitrogens with zero attached hydrogens (tertiary/aromatic N) is 2. The largest absolute Gasteiger partial charge is 0.490 e. The summed E-state index contributed by atoms with van der Waals surface area (Å²) in [7, 11) is -3.41. The number of fused-ring (bicyclic) bond motifs is 4. The highest BCUT2D eigenvalue weighted by atomic mass is 32.2. The molecule has 150 valence electrons. The molecule has 8 nitrogen and oxygen atoms in total. The van der Waals surface area contributed by atoms with Crippen LogP contribution in [-0.2, 0) is 10.0 Å². The van der Waals surface area contributed by atoms with Crippen LogP contribution in [0.4, 0.5) is 11.4 Å². The molecule has 0 saturated carbocycles. The number of carbonyl (C=O) groups is 1. The van der Waals surface area contributed by atoms with Gasteiger partial charge in [-0.05, 0) is 42.1 Å². The van der Waals surface area contributed by atoms with Gasteiger partial charge in [-0.2, -0.15) is 0 Å². The molecule has 3 aliphatic heterocycles. The van der Waals surface area contributed by atoms with Gasteiger partial charge in [0.05, 0.1) is 24.7 Å². The van der Waals surface area contributed by atoms with E-state index in [1.165, 1.54) is 11.8 Å². The molecule has 0 bridgehead atoms. The molecule has 0 unspecified atom stereocenters. The molecule has 0 fully saturated rings. The van der Waals surface area contributed by atoms with E-state index in [1.54, 1.807) is 30.3 Å². The molecular formula is C19H17N3O5S2. The van der Waals surface area contributed by atoms with E-state index in [2.05, 4.69) is 9.71 Å². The highest BCUT2D eigenvalue weighted by molar-refractivity contribution is 8.15. The molecule has 2 aromatic rings. The van der Waals surface area contributed by atoms with Crippen LogP contribution < -0.4 is 19.7 Å². The van der Waals surface area contributed by atoms with Crippen molar-refractivity contribution < 1.29 is 22.7 Å². The predicted molar refractivity (Wildman–Crippen MR) is 111 cm³/mol. The number of sulfonamides is 1. The number of rotatable bonds is 2. The summed E-state index contributed by atoms with van der Waals surface area (Å²) in [6.45, 7) is 1.54. The summed E-state index contributed by atoms with van der Waals surface area (Å²) in [5.74, 6) is 1.01. The van der Waals surface area contributed by atoms with Gasteiger partial charge in [-0.15, -0.1) is 4.40 Å². The molecule has 0 atom stereocenters. The van der Waals surface area contributed by atoms with E-state index in [4.69, 9.17) is 9.47 Å². The van der Waals surface area contributed by atoms with Crippen molar-refractivity contribution in [1.82, 2.24) is 0 Å². The Kier molecular flexibility index (Phi) is 4.39. The maximum atomic E-state index is 12.7. The molecule has 0 spiro atoms. The van der Waals surface area contributed by atoms with Gasteiger partial charge in [-0.3, -0.25) is 4.79 Å². The fourth-order valence-electron chi connectivity index (χ4n) is 3.32. The second-order valence-electron chi connectivity index (χ2n) is 6.76. The van der Waals surface area contributed by atoms with Gasteiger partial charge in [0.1, 0.15) is 0 Å². The molecule has 3 aliphatic rings. The summed E-state index contributed by atoms with van der Waals surface area (Å²) in [5, 5.41) is 3.31. The van der Waals surface area contributed by atoms with E-state index in [-0.39, 0.29) is 11.7 Å². The first-order valence-corrected chi connectivity index (χ1v) is 11.5. The van der Waals surface area contributed by atoms with Crippen molar-refractivity contribution in [3.8, 4) is 11.5 Å². The number of carbonyl (C=O) groups excluding carboxylic acids is 1. The number of nitrogens with one attached hydrogen (secondary N) is 1. The van der Waals surface area contributed by atoms with Gasteiger partial charge in [-0.1, -0.05) is 0 Å². The minimum absolute atomic E-state index is 0.0111. The Morgan fingerprint density at radius 3 is 2.79 bits per heavy atom. The smallest absolute Gasteiger partial charge is 0.257 e. The van der Waals surface area contributed by atoms with Gasteiger partial charge in [-0.25, -0.2) is 8.42 Å². The Balaban J connectivity index is 1.37. The number of hydrogen-bond donors (Lipinski definition) is 1. The van der Waals surface area contributed by atoms with Crippen LogP contribution in [0, 0.1) is 0 Å². The zero-order chi connectivity index (χ0) is 20.0. The number of ether oxygens (including phenoxy) is 2. The lowest BCUT2D eigenvalue weighted by Crippen LogP contribution is -2.35. The SMILES string of the molecule is O=C(Nc1ccc2c(c1)OCCCO2)c1ccc2c(c1)SC1=NS(=O)(=O)CCN12. The predicted octanol–water partition coefficient (Wildman–Crippen LogP) is 2.71. The van der Waals surface area contributed by atoms with Crippen molar-refractivity contribution in [3.05, 3.63) is 42.0 Å². The van der Waals surface area contributed by atoms with Gasteiger partial charge in [0, 0.05) is 35.2 Å². The topological polar surface area (TPSA) is 97.3 Å². The monoisotopic (exact) mass is 431 g/mol. The summed E-state index contributed by atoms with van der Waals surface area (Å²) in [4.78, 5) is 15.4. The highest BCUT2D eigenvalue weighted by Gasteiger charge is 2.33. The summed E-state index contributed by atoms with van der Waals surface area (Å²) in [6, 6.07) is 10.6. The Labute approximate surface area is 172 Å². The van der Waals surface area contributed by atoms with Crippen molar-refractivity contribution >= 4 is 44.2 Å².